The van der Waals surface area contributed by atoms with Crippen molar-refractivity contribution in [2.45, 2.75) is 12.1 Å². The van der Waals surface area contributed by atoms with Gasteiger partial charge in [-0.25, -0.2) is 0 Å². The second-order valence-corrected chi connectivity index (χ2v) is 8.25. The molecule has 7 heteroatoms. The Kier molecular flexibility index (Phi) is 6.94. The van der Waals surface area contributed by atoms with Crippen molar-refractivity contribution in [3.05, 3.63) is 52.2 Å². The van der Waals surface area contributed by atoms with E-state index in [0.29, 0.717) is 26.4 Å². The molecule has 0 amide bonds. The first-order chi connectivity index (χ1) is 14.3. The van der Waals surface area contributed by atoms with Crippen LogP contribution >= 0.6 is 11.3 Å². The fourth-order valence-corrected chi connectivity index (χ4v) is 4.88. The van der Waals surface area contributed by atoms with Gasteiger partial charge in [0, 0.05) is 26.2 Å². The van der Waals surface area contributed by atoms with Crippen molar-refractivity contribution in [3.63, 3.8) is 0 Å². The second-order valence-electron chi connectivity index (χ2n) is 7.30. The number of carbonyl (C=O) groups is 1. The van der Waals surface area contributed by atoms with Crippen molar-refractivity contribution in [1.82, 2.24) is 9.80 Å². The summed E-state index contributed by atoms with van der Waals surface area (Å²) in [5, 5.41) is 1.97. The third-order valence-corrected chi connectivity index (χ3v) is 6.55. The summed E-state index contributed by atoms with van der Waals surface area (Å²) in [5.74, 6) is 1.01. The van der Waals surface area contributed by atoms with Gasteiger partial charge in [-0.15, -0.1) is 11.3 Å². The Morgan fingerprint density at radius 3 is 2.14 bits per heavy atom. The molecule has 4 rings (SSSR count). The van der Waals surface area contributed by atoms with Crippen molar-refractivity contribution in [2.24, 2.45) is 0 Å². The normalized spacial score (nSPS) is 20.9. The van der Waals surface area contributed by atoms with Crippen molar-refractivity contribution in [3.8, 4) is 5.75 Å². The first-order valence-electron chi connectivity index (χ1n) is 10.1. The zero-order valence-electron chi connectivity index (χ0n) is 16.8. The molecule has 2 saturated heterocycles. The molecule has 0 bridgehead atoms. The summed E-state index contributed by atoms with van der Waals surface area (Å²) >= 11 is 1.52. The van der Waals surface area contributed by atoms with Crippen LogP contribution in [0.5, 0.6) is 5.75 Å². The molecule has 0 N–H and O–H groups in total. The highest BCUT2D eigenvalue weighted by atomic mass is 32.1. The fourth-order valence-electron chi connectivity index (χ4n) is 4.18. The summed E-state index contributed by atoms with van der Waals surface area (Å²) in [7, 11) is 1.67. The molecule has 2 atom stereocenters. The summed E-state index contributed by atoms with van der Waals surface area (Å²) in [4.78, 5) is 19.2. The third-order valence-electron chi connectivity index (χ3n) is 5.67. The maximum Gasteiger partial charge on any atom is 0.191 e. The van der Waals surface area contributed by atoms with E-state index in [0.717, 1.165) is 42.4 Å². The number of hydrogen-bond acceptors (Lipinski definition) is 7. The van der Waals surface area contributed by atoms with Crippen molar-refractivity contribution < 1.29 is 19.0 Å². The molecule has 29 heavy (non-hydrogen) atoms. The molecule has 6 nitrogen and oxygen atoms in total. The van der Waals surface area contributed by atoms with Gasteiger partial charge >= 0.3 is 0 Å². The lowest BCUT2D eigenvalue weighted by atomic mass is 9.91. The van der Waals surface area contributed by atoms with Crippen molar-refractivity contribution >= 4 is 17.1 Å². The van der Waals surface area contributed by atoms with E-state index in [2.05, 4.69) is 21.9 Å². The lowest BCUT2D eigenvalue weighted by molar-refractivity contribution is -0.0300. The van der Waals surface area contributed by atoms with Gasteiger partial charge in [0.15, 0.2) is 5.78 Å². The average Bonchev–Trinajstić information content (AvgIpc) is 3.33. The molecule has 0 aliphatic carbocycles. The van der Waals surface area contributed by atoms with Crippen molar-refractivity contribution in [2.75, 3.05) is 59.7 Å². The van der Waals surface area contributed by atoms with E-state index in [1.165, 1.54) is 11.3 Å². The van der Waals surface area contributed by atoms with E-state index >= 15 is 0 Å². The highest BCUT2D eigenvalue weighted by molar-refractivity contribution is 7.12. The minimum Gasteiger partial charge on any atom is -0.497 e. The van der Waals surface area contributed by atoms with Gasteiger partial charge < -0.3 is 14.2 Å². The van der Waals surface area contributed by atoms with Gasteiger partial charge in [0.25, 0.3) is 0 Å². The molecule has 1 aromatic carbocycles. The molecule has 0 unspecified atom stereocenters. The number of methoxy groups -OCH3 is 1. The largest absolute Gasteiger partial charge is 0.497 e. The van der Waals surface area contributed by atoms with E-state index in [-0.39, 0.29) is 17.9 Å². The Bertz CT molecular complexity index is 769. The van der Waals surface area contributed by atoms with E-state index in [1.54, 1.807) is 7.11 Å². The fraction of sp³-hybridized carbons (Fsp3) is 0.500. The van der Waals surface area contributed by atoms with Gasteiger partial charge in [-0.1, -0.05) is 18.2 Å². The third kappa shape index (κ3) is 4.70. The van der Waals surface area contributed by atoms with Crippen LogP contribution in [-0.4, -0.2) is 81.3 Å². The molecule has 2 aliphatic rings. The van der Waals surface area contributed by atoms with Crippen LogP contribution in [0.2, 0.25) is 0 Å². The molecule has 156 valence electrons. The number of Topliss-reactive ketones (excluding diaryl/α,β-unsaturated/α-hetero) is 1. The average molecular weight is 417 g/mol. The Morgan fingerprint density at radius 1 is 0.966 bits per heavy atom. The van der Waals surface area contributed by atoms with Crippen molar-refractivity contribution in [1.29, 1.82) is 0 Å². The Morgan fingerprint density at radius 2 is 1.59 bits per heavy atom. The van der Waals surface area contributed by atoms with Crippen LogP contribution in [0.4, 0.5) is 0 Å². The predicted molar refractivity (Wildman–Crippen MR) is 113 cm³/mol. The van der Waals surface area contributed by atoms with E-state index in [4.69, 9.17) is 14.2 Å². The molecule has 0 spiro atoms. The van der Waals surface area contributed by atoms with Crippen LogP contribution in [0.25, 0.3) is 0 Å². The number of ketones is 1. The predicted octanol–water partition coefficient (Wildman–Crippen LogP) is 2.71. The number of thiophene rings is 1. The number of benzene rings is 1. The summed E-state index contributed by atoms with van der Waals surface area (Å²) < 4.78 is 16.5. The summed E-state index contributed by atoms with van der Waals surface area (Å²) in [6.07, 6.45) is 0. The minimum absolute atomic E-state index is 0.0440. The Hall–Kier alpha value is -1.77. The molecule has 0 radical (unpaired) electrons. The number of nitrogens with zero attached hydrogens (tertiary/aromatic N) is 2. The van der Waals surface area contributed by atoms with Gasteiger partial charge in [-0.3, -0.25) is 14.6 Å². The quantitative estimate of drug-likeness (QED) is 0.647. The van der Waals surface area contributed by atoms with Crippen LogP contribution in [0.1, 0.15) is 21.3 Å². The summed E-state index contributed by atoms with van der Waals surface area (Å²) in [5.41, 5.74) is 1.13. The summed E-state index contributed by atoms with van der Waals surface area (Å²) in [6.45, 7) is 5.85. The monoisotopic (exact) mass is 416 g/mol. The second kappa shape index (κ2) is 9.82. The van der Waals surface area contributed by atoms with Crippen LogP contribution in [-0.2, 0) is 9.47 Å². The maximum absolute atomic E-state index is 13.7. The first kappa shape index (κ1) is 20.5. The zero-order valence-corrected chi connectivity index (χ0v) is 17.6. The van der Waals surface area contributed by atoms with Gasteiger partial charge in [0.05, 0.1) is 50.5 Å². The molecule has 2 aliphatic heterocycles. The molecular formula is C22H28N2O4S. The van der Waals surface area contributed by atoms with Gasteiger partial charge in [0.1, 0.15) is 5.75 Å². The maximum atomic E-state index is 13.7. The highest BCUT2D eigenvalue weighted by Gasteiger charge is 2.40. The van der Waals surface area contributed by atoms with Crippen LogP contribution < -0.4 is 4.74 Å². The zero-order chi connectivity index (χ0) is 20.1. The molecule has 2 fully saturated rings. The highest BCUT2D eigenvalue weighted by Crippen LogP contribution is 2.33. The summed E-state index contributed by atoms with van der Waals surface area (Å²) in [6, 6.07) is 11.7. The molecular weight excluding hydrogens is 388 g/mol. The first-order valence-corrected chi connectivity index (χ1v) is 11.0. The number of rotatable bonds is 7. The van der Waals surface area contributed by atoms with Crippen LogP contribution in [0, 0.1) is 0 Å². The Labute approximate surface area is 176 Å². The SMILES string of the molecule is COc1ccc([C@@H]([C@H](C(=O)c2cccs2)N2CCOCC2)N2CCOCC2)cc1. The number of ether oxygens (including phenoxy) is 3. The van der Waals surface area contributed by atoms with Gasteiger partial charge in [-0.2, -0.15) is 0 Å². The number of morpholine rings is 2. The lowest BCUT2D eigenvalue weighted by Crippen LogP contribution is -2.55. The smallest absolute Gasteiger partial charge is 0.191 e. The van der Waals surface area contributed by atoms with Crippen LogP contribution in [0.3, 0.4) is 0 Å². The molecule has 0 saturated carbocycles. The molecule has 2 aromatic rings. The number of hydrogen-bond donors (Lipinski definition) is 0. The lowest BCUT2D eigenvalue weighted by Gasteiger charge is -2.44. The number of carbonyl (C=O) groups excluding carboxylic acids is 1. The van der Waals surface area contributed by atoms with Gasteiger partial charge in [0.2, 0.25) is 0 Å². The van der Waals surface area contributed by atoms with E-state index in [1.807, 2.05) is 29.6 Å². The Balaban J connectivity index is 1.74. The topological polar surface area (TPSA) is 51.2 Å². The minimum atomic E-state index is -0.260. The van der Waals surface area contributed by atoms with Crippen LogP contribution in [0.15, 0.2) is 41.8 Å². The van der Waals surface area contributed by atoms with E-state index < -0.39 is 0 Å². The molecule has 1 aromatic heterocycles. The van der Waals surface area contributed by atoms with Gasteiger partial charge in [-0.05, 0) is 29.1 Å². The standard InChI is InChI=1S/C22H28N2O4S/c1-26-18-6-4-17(5-7-18)20(23-8-12-27-13-9-23)21(24-10-14-28-15-11-24)22(25)19-3-2-16-29-19/h2-7,16,20-21H,8-15H2,1H3/t20-,21+/m0/s1. The molecule has 3 heterocycles. The van der Waals surface area contributed by atoms with E-state index in [9.17, 15) is 4.79 Å².